The lowest BCUT2D eigenvalue weighted by atomic mass is 9.72. The molecule has 3 rings (SSSR count). The SMILES string of the molecule is NC(=O)c1ccnc(NC2(c3ccc(F)cc3)CCC2)n1. The van der Waals surface area contributed by atoms with Crippen LogP contribution in [0.5, 0.6) is 0 Å². The van der Waals surface area contributed by atoms with E-state index in [0.29, 0.717) is 5.95 Å². The van der Waals surface area contributed by atoms with Crippen LogP contribution in [0.3, 0.4) is 0 Å². The maximum atomic E-state index is 13.1. The molecule has 0 saturated heterocycles. The first-order chi connectivity index (χ1) is 10.1. The minimum atomic E-state index is -0.593. The van der Waals surface area contributed by atoms with E-state index in [1.54, 1.807) is 12.1 Å². The minimum Gasteiger partial charge on any atom is -0.364 e. The number of hydrogen-bond donors (Lipinski definition) is 2. The van der Waals surface area contributed by atoms with Crippen LogP contribution in [0.25, 0.3) is 0 Å². The largest absolute Gasteiger partial charge is 0.364 e. The van der Waals surface area contributed by atoms with E-state index in [0.717, 1.165) is 24.8 Å². The molecule has 5 nitrogen and oxygen atoms in total. The molecule has 0 spiro atoms. The topological polar surface area (TPSA) is 80.9 Å². The maximum absolute atomic E-state index is 13.1. The number of nitrogens with one attached hydrogen (secondary N) is 1. The Morgan fingerprint density at radius 3 is 2.52 bits per heavy atom. The molecule has 0 aliphatic heterocycles. The van der Waals surface area contributed by atoms with Gasteiger partial charge in [0.05, 0.1) is 5.54 Å². The first kappa shape index (κ1) is 13.5. The molecular weight excluding hydrogens is 271 g/mol. The molecule has 0 unspecified atom stereocenters. The van der Waals surface area contributed by atoms with Crippen LogP contribution >= 0.6 is 0 Å². The fraction of sp³-hybridized carbons (Fsp3) is 0.267. The van der Waals surface area contributed by atoms with Gasteiger partial charge in [0.1, 0.15) is 11.5 Å². The van der Waals surface area contributed by atoms with Crippen molar-refractivity contribution < 1.29 is 9.18 Å². The number of hydrogen-bond acceptors (Lipinski definition) is 4. The molecular formula is C15H15FN4O. The molecule has 1 saturated carbocycles. The summed E-state index contributed by atoms with van der Waals surface area (Å²) >= 11 is 0. The van der Waals surface area contributed by atoms with Crippen molar-refractivity contribution >= 4 is 11.9 Å². The molecule has 3 N–H and O–H groups in total. The van der Waals surface area contributed by atoms with Crippen LogP contribution in [0, 0.1) is 5.82 Å². The fourth-order valence-electron chi connectivity index (χ4n) is 2.56. The Labute approximate surface area is 121 Å². The van der Waals surface area contributed by atoms with Crippen LogP contribution in [-0.4, -0.2) is 15.9 Å². The third-order valence-corrected chi connectivity index (χ3v) is 3.86. The molecule has 0 bridgehead atoms. The van der Waals surface area contributed by atoms with Crippen molar-refractivity contribution in [1.29, 1.82) is 0 Å². The van der Waals surface area contributed by atoms with E-state index in [4.69, 9.17) is 5.73 Å². The van der Waals surface area contributed by atoms with Crippen LogP contribution in [0.15, 0.2) is 36.5 Å². The molecule has 1 heterocycles. The number of amides is 1. The van der Waals surface area contributed by atoms with Crippen molar-refractivity contribution in [3.8, 4) is 0 Å². The summed E-state index contributed by atoms with van der Waals surface area (Å²) in [6, 6.07) is 7.88. The van der Waals surface area contributed by atoms with Gasteiger partial charge in [-0.25, -0.2) is 14.4 Å². The van der Waals surface area contributed by atoms with Crippen molar-refractivity contribution in [1.82, 2.24) is 9.97 Å². The molecule has 1 aromatic carbocycles. The lowest BCUT2D eigenvalue weighted by Crippen LogP contribution is -2.42. The first-order valence-corrected chi connectivity index (χ1v) is 6.76. The summed E-state index contributed by atoms with van der Waals surface area (Å²) in [5.74, 6) is -0.500. The second-order valence-electron chi connectivity index (χ2n) is 5.20. The summed E-state index contributed by atoms with van der Waals surface area (Å²) < 4.78 is 13.1. The molecule has 108 valence electrons. The molecule has 0 atom stereocenters. The van der Waals surface area contributed by atoms with Gasteiger partial charge in [0.15, 0.2) is 0 Å². The number of aromatic nitrogens is 2. The van der Waals surface area contributed by atoms with Gasteiger partial charge >= 0.3 is 0 Å². The minimum absolute atomic E-state index is 0.168. The smallest absolute Gasteiger partial charge is 0.267 e. The van der Waals surface area contributed by atoms with Crippen molar-refractivity contribution in [2.45, 2.75) is 24.8 Å². The van der Waals surface area contributed by atoms with E-state index in [-0.39, 0.29) is 17.1 Å². The number of nitrogens with zero attached hydrogens (tertiary/aromatic N) is 2. The number of rotatable bonds is 4. The summed E-state index contributed by atoms with van der Waals surface area (Å²) in [6.45, 7) is 0. The van der Waals surface area contributed by atoms with Crippen LogP contribution in [0.1, 0.15) is 35.3 Å². The maximum Gasteiger partial charge on any atom is 0.267 e. The Bertz CT molecular complexity index is 668. The molecule has 0 radical (unpaired) electrons. The zero-order chi connectivity index (χ0) is 14.9. The second-order valence-corrected chi connectivity index (χ2v) is 5.20. The average molecular weight is 286 g/mol. The zero-order valence-electron chi connectivity index (χ0n) is 11.3. The second kappa shape index (κ2) is 5.12. The molecule has 1 fully saturated rings. The number of benzene rings is 1. The Hall–Kier alpha value is -2.50. The lowest BCUT2D eigenvalue weighted by Gasteiger charge is -2.43. The van der Waals surface area contributed by atoms with E-state index in [2.05, 4.69) is 15.3 Å². The third-order valence-electron chi connectivity index (χ3n) is 3.86. The van der Waals surface area contributed by atoms with Crippen LogP contribution in [0.2, 0.25) is 0 Å². The molecule has 2 aromatic rings. The van der Waals surface area contributed by atoms with Gasteiger partial charge in [-0.3, -0.25) is 4.79 Å². The van der Waals surface area contributed by atoms with Crippen molar-refractivity contribution in [3.63, 3.8) is 0 Å². The van der Waals surface area contributed by atoms with Gasteiger partial charge in [-0.1, -0.05) is 12.1 Å². The normalized spacial score (nSPS) is 16.0. The predicted molar refractivity (Wildman–Crippen MR) is 76.1 cm³/mol. The molecule has 1 aliphatic carbocycles. The van der Waals surface area contributed by atoms with Crippen LogP contribution in [0.4, 0.5) is 10.3 Å². The van der Waals surface area contributed by atoms with Crippen LogP contribution < -0.4 is 11.1 Å². The first-order valence-electron chi connectivity index (χ1n) is 6.76. The van der Waals surface area contributed by atoms with E-state index in [1.165, 1.54) is 24.4 Å². The Morgan fingerprint density at radius 1 is 1.24 bits per heavy atom. The van der Waals surface area contributed by atoms with Crippen molar-refractivity contribution in [3.05, 3.63) is 53.6 Å². The van der Waals surface area contributed by atoms with Crippen LogP contribution in [-0.2, 0) is 5.54 Å². The van der Waals surface area contributed by atoms with Gasteiger partial charge < -0.3 is 11.1 Å². The highest BCUT2D eigenvalue weighted by Gasteiger charge is 2.39. The van der Waals surface area contributed by atoms with E-state index in [1.807, 2.05) is 0 Å². The Balaban J connectivity index is 1.89. The van der Waals surface area contributed by atoms with Gasteiger partial charge in [0.2, 0.25) is 5.95 Å². The molecule has 1 amide bonds. The number of nitrogens with two attached hydrogens (primary N) is 1. The summed E-state index contributed by atoms with van der Waals surface area (Å²) in [7, 11) is 0. The standard InChI is InChI=1S/C15H15FN4O/c16-11-4-2-10(3-5-11)15(7-1-8-15)20-14-18-9-6-12(19-14)13(17)21/h2-6,9H,1,7-8H2,(H2,17,21)(H,18,19,20). The number of primary amides is 1. The van der Waals surface area contributed by atoms with Gasteiger partial charge in [-0.05, 0) is 43.0 Å². The van der Waals surface area contributed by atoms with Gasteiger partial charge in [0, 0.05) is 6.20 Å². The molecule has 1 aliphatic rings. The fourth-order valence-corrected chi connectivity index (χ4v) is 2.56. The summed E-state index contributed by atoms with van der Waals surface area (Å²) in [5.41, 5.74) is 6.08. The number of anilines is 1. The van der Waals surface area contributed by atoms with Gasteiger partial charge in [-0.2, -0.15) is 0 Å². The van der Waals surface area contributed by atoms with Gasteiger partial charge in [0.25, 0.3) is 5.91 Å². The monoisotopic (exact) mass is 286 g/mol. The summed E-state index contributed by atoms with van der Waals surface area (Å²) in [4.78, 5) is 19.4. The zero-order valence-corrected chi connectivity index (χ0v) is 11.3. The summed E-state index contributed by atoms with van der Waals surface area (Å²) in [5, 5.41) is 3.27. The molecule has 1 aromatic heterocycles. The highest BCUT2D eigenvalue weighted by molar-refractivity contribution is 5.90. The third kappa shape index (κ3) is 2.56. The Morgan fingerprint density at radius 2 is 1.95 bits per heavy atom. The van der Waals surface area contributed by atoms with E-state index < -0.39 is 5.91 Å². The lowest BCUT2D eigenvalue weighted by molar-refractivity contribution is 0.0995. The van der Waals surface area contributed by atoms with Crippen molar-refractivity contribution in [2.24, 2.45) is 5.73 Å². The van der Waals surface area contributed by atoms with Crippen molar-refractivity contribution in [2.75, 3.05) is 5.32 Å². The molecule has 21 heavy (non-hydrogen) atoms. The highest BCUT2D eigenvalue weighted by atomic mass is 19.1. The number of carbonyl (C=O) groups excluding carboxylic acids is 1. The number of carbonyl (C=O) groups is 1. The van der Waals surface area contributed by atoms with E-state index >= 15 is 0 Å². The summed E-state index contributed by atoms with van der Waals surface area (Å²) in [6.07, 6.45) is 4.37. The molecule has 6 heteroatoms. The predicted octanol–water partition coefficient (Wildman–Crippen LogP) is 2.21. The quantitative estimate of drug-likeness (QED) is 0.903. The Kier molecular flexibility index (Phi) is 3.29. The van der Waals surface area contributed by atoms with Gasteiger partial charge in [-0.15, -0.1) is 0 Å². The highest BCUT2D eigenvalue weighted by Crippen LogP contribution is 2.43. The number of halogens is 1. The van der Waals surface area contributed by atoms with E-state index in [9.17, 15) is 9.18 Å². The average Bonchev–Trinajstić information content (AvgIpc) is 2.44.